The molecule has 2 N–H and O–H groups in total. The van der Waals surface area contributed by atoms with Gasteiger partial charge in [-0.05, 0) is 50.9 Å². The molecule has 0 aromatic carbocycles. The molecule has 1 heterocycles. The maximum absolute atomic E-state index is 12.4. The van der Waals surface area contributed by atoms with E-state index in [2.05, 4.69) is 10.6 Å². The zero-order valence-corrected chi connectivity index (χ0v) is 14.6. The lowest BCUT2D eigenvalue weighted by Gasteiger charge is -2.29. The van der Waals surface area contributed by atoms with Crippen molar-refractivity contribution in [3.8, 4) is 0 Å². The first kappa shape index (κ1) is 17.2. The zero-order chi connectivity index (χ0) is 17.5. The minimum Gasteiger partial charge on any atom is -0.382 e. The Kier molecular flexibility index (Phi) is 4.55. The predicted molar refractivity (Wildman–Crippen MR) is 87.1 cm³/mol. The number of urea groups is 1. The Balaban J connectivity index is 1.55. The van der Waals surface area contributed by atoms with Crippen LogP contribution in [-0.4, -0.2) is 54.6 Å². The first-order valence-corrected chi connectivity index (χ1v) is 8.76. The van der Waals surface area contributed by atoms with Crippen LogP contribution in [-0.2, 0) is 14.3 Å². The average Bonchev–Trinajstić information content (AvgIpc) is 3.18. The lowest BCUT2D eigenvalue weighted by Crippen LogP contribution is -2.49. The van der Waals surface area contributed by atoms with E-state index in [0.29, 0.717) is 11.8 Å². The molecule has 0 aromatic heterocycles. The molecule has 2 saturated carbocycles. The number of fused-ring (bicyclic) bond motifs is 2. The van der Waals surface area contributed by atoms with Gasteiger partial charge < -0.3 is 15.4 Å². The molecule has 0 aromatic rings. The van der Waals surface area contributed by atoms with Gasteiger partial charge in [-0.3, -0.25) is 14.5 Å². The summed E-state index contributed by atoms with van der Waals surface area (Å²) in [5, 5.41) is 5.59. The highest BCUT2D eigenvalue weighted by Gasteiger charge is 2.48. The van der Waals surface area contributed by atoms with Gasteiger partial charge in [-0.25, -0.2) is 4.79 Å². The van der Waals surface area contributed by atoms with E-state index in [1.54, 1.807) is 6.92 Å². The number of nitrogens with zero attached hydrogens (tertiary/aromatic N) is 1. The second-order valence-electron chi connectivity index (χ2n) is 7.78. The summed E-state index contributed by atoms with van der Waals surface area (Å²) in [6.07, 6.45) is 5.05. The predicted octanol–water partition coefficient (Wildman–Crippen LogP) is 0.884. The number of carbonyl (C=O) groups excluding carboxylic acids is 3. The maximum Gasteiger partial charge on any atom is 0.325 e. The van der Waals surface area contributed by atoms with Crippen molar-refractivity contribution >= 4 is 17.8 Å². The summed E-state index contributed by atoms with van der Waals surface area (Å²) in [5.74, 6) is 1.36. The molecule has 1 aliphatic heterocycles. The van der Waals surface area contributed by atoms with E-state index in [9.17, 15) is 14.4 Å². The van der Waals surface area contributed by atoms with Crippen LogP contribution in [0.4, 0.5) is 4.79 Å². The van der Waals surface area contributed by atoms with E-state index in [4.69, 9.17) is 4.74 Å². The quantitative estimate of drug-likeness (QED) is 0.705. The van der Waals surface area contributed by atoms with Crippen LogP contribution in [0.25, 0.3) is 0 Å². The van der Waals surface area contributed by atoms with Crippen LogP contribution in [0.3, 0.4) is 0 Å². The number of carbonyl (C=O) groups is 3. The number of methoxy groups -OCH3 is 1. The van der Waals surface area contributed by atoms with Crippen molar-refractivity contribution in [1.82, 2.24) is 15.5 Å². The Hall–Kier alpha value is -1.63. The van der Waals surface area contributed by atoms with Crippen molar-refractivity contribution < 1.29 is 19.1 Å². The third kappa shape index (κ3) is 3.01. The minimum atomic E-state index is -1.09. The third-order valence-electron chi connectivity index (χ3n) is 5.90. The molecular formula is C17H27N3O4. The standard InChI is InChI=1S/C17H27N3O4/c1-10(13-7-11-4-5-12(13)6-11)18-14(21)8-20-15(22)17(2,9-24-3)19-16(20)23/h10-13H,4-9H2,1-3H3,(H,18,21)(H,19,23). The van der Waals surface area contributed by atoms with E-state index in [-0.39, 0.29) is 25.1 Å². The van der Waals surface area contributed by atoms with E-state index < -0.39 is 17.5 Å². The van der Waals surface area contributed by atoms with E-state index >= 15 is 0 Å². The molecule has 2 aliphatic carbocycles. The van der Waals surface area contributed by atoms with Gasteiger partial charge in [0.15, 0.2) is 0 Å². The van der Waals surface area contributed by atoms with Crippen molar-refractivity contribution in [1.29, 1.82) is 0 Å². The Morgan fingerprint density at radius 2 is 2.17 bits per heavy atom. The molecule has 3 fully saturated rings. The summed E-state index contributed by atoms with van der Waals surface area (Å²) in [7, 11) is 1.47. The van der Waals surface area contributed by atoms with Gasteiger partial charge in [0.2, 0.25) is 5.91 Å². The van der Waals surface area contributed by atoms with Crippen LogP contribution in [0.15, 0.2) is 0 Å². The molecule has 0 spiro atoms. The fraction of sp³-hybridized carbons (Fsp3) is 0.824. The average molecular weight is 337 g/mol. The number of imide groups is 1. The molecule has 7 heteroatoms. The van der Waals surface area contributed by atoms with Crippen molar-refractivity contribution in [3.63, 3.8) is 0 Å². The van der Waals surface area contributed by atoms with Crippen LogP contribution in [0, 0.1) is 17.8 Å². The van der Waals surface area contributed by atoms with Gasteiger partial charge >= 0.3 is 6.03 Å². The van der Waals surface area contributed by atoms with E-state index in [1.807, 2.05) is 6.92 Å². The molecule has 3 aliphatic rings. The smallest absolute Gasteiger partial charge is 0.325 e. The number of rotatable bonds is 6. The van der Waals surface area contributed by atoms with Crippen molar-refractivity contribution in [2.75, 3.05) is 20.3 Å². The molecule has 134 valence electrons. The first-order valence-electron chi connectivity index (χ1n) is 8.76. The van der Waals surface area contributed by atoms with Gasteiger partial charge in [0.05, 0.1) is 6.61 Å². The molecule has 24 heavy (non-hydrogen) atoms. The fourth-order valence-corrected chi connectivity index (χ4v) is 4.73. The molecule has 1 saturated heterocycles. The number of nitrogens with one attached hydrogen (secondary N) is 2. The maximum atomic E-state index is 12.4. The van der Waals surface area contributed by atoms with Gasteiger partial charge in [0, 0.05) is 13.2 Å². The summed E-state index contributed by atoms with van der Waals surface area (Å²) < 4.78 is 5.00. The largest absolute Gasteiger partial charge is 0.382 e. The van der Waals surface area contributed by atoms with Crippen LogP contribution in [0.1, 0.15) is 39.5 Å². The number of hydrogen-bond acceptors (Lipinski definition) is 4. The van der Waals surface area contributed by atoms with E-state index in [0.717, 1.165) is 10.8 Å². The summed E-state index contributed by atoms with van der Waals surface area (Å²) in [5.41, 5.74) is -1.09. The molecule has 7 nitrogen and oxygen atoms in total. The van der Waals surface area contributed by atoms with Crippen molar-refractivity contribution in [2.45, 2.75) is 51.1 Å². The third-order valence-corrected chi connectivity index (χ3v) is 5.90. The second-order valence-corrected chi connectivity index (χ2v) is 7.78. The lowest BCUT2D eigenvalue weighted by atomic mass is 9.84. The molecular weight excluding hydrogens is 310 g/mol. The second kappa shape index (κ2) is 6.35. The molecule has 4 amide bonds. The highest BCUT2D eigenvalue weighted by molar-refractivity contribution is 6.08. The molecule has 3 rings (SSSR count). The highest BCUT2D eigenvalue weighted by Crippen LogP contribution is 2.49. The monoisotopic (exact) mass is 337 g/mol. The van der Waals surface area contributed by atoms with Crippen molar-refractivity contribution in [2.24, 2.45) is 17.8 Å². The van der Waals surface area contributed by atoms with E-state index in [1.165, 1.54) is 32.8 Å². The zero-order valence-electron chi connectivity index (χ0n) is 14.6. The fourth-order valence-electron chi connectivity index (χ4n) is 4.73. The number of hydrogen-bond donors (Lipinski definition) is 2. The molecule has 0 radical (unpaired) electrons. The van der Waals surface area contributed by atoms with Gasteiger partial charge in [-0.15, -0.1) is 0 Å². The lowest BCUT2D eigenvalue weighted by molar-refractivity contribution is -0.136. The van der Waals surface area contributed by atoms with Crippen molar-refractivity contribution in [3.05, 3.63) is 0 Å². The molecule has 2 bridgehead atoms. The summed E-state index contributed by atoms with van der Waals surface area (Å²) in [6, 6.07) is -0.457. The Morgan fingerprint density at radius 3 is 2.75 bits per heavy atom. The summed E-state index contributed by atoms with van der Waals surface area (Å²) in [4.78, 5) is 37.7. The minimum absolute atomic E-state index is 0.0806. The van der Waals surface area contributed by atoms with Crippen LogP contribution in [0.5, 0.6) is 0 Å². The highest BCUT2D eigenvalue weighted by atomic mass is 16.5. The van der Waals surface area contributed by atoms with Gasteiger partial charge in [0.1, 0.15) is 12.1 Å². The first-order chi connectivity index (χ1) is 11.3. The summed E-state index contributed by atoms with van der Waals surface area (Å²) >= 11 is 0. The Labute approximate surface area is 142 Å². The topological polar surface area (TPSA) is 87.7 Å². The number of ether oxygens (including phenoxy) is 1. The SMILES string of the molecule is COCC1(C)NC(=O)N(CC(=O)NC(C)C2CC3CCC2C3)C1=O. The van der Waals surface area contributed by atoms with Gasteiger partial charge in [0.25, 0.3) is 5.91 Å². The molecule has 5 unspecified atom stereocenters. The Bertz CT molecular complexity index is 552. The van der Waals surface area contributed by atoms with Gasteiger partial charge in [-0.1, -0.05) is 6.42 Å². The van der Waals surface area contributed by atoms with Gasteiger partial charge in [-0.2, -0.15) is 0 Å². The summed E-state index contributed by atoms with van der Waals surface area (Å²) in [6.45, 7) is 3.48. The normalized spacial score (nSPS) is 36.1. The number of amides is 4. The van der Waals surface area contributed by atoms with Crippen LogP contribution in [0.2, 0.25) is 0 Å². The Morgan fingerprint density at radius 1 is 1.42 bits per heavy atom. The van der Waals surface area contributed by atoms with Crippen LogP contribution >= 0.6 is 0 Å². The van der Waals surface area contributed by atoms with Crippen LogP contribution < -0.4 is 10.6 Å². The molecule has 5 atom stereocenters.